The van der Waals surface area contributed by atoms with Gasteiger partial charge in [-0.3, -0.25) is 0 Å². The summed E-state index contributed by atoms with van der Waals surface area (Å²) in [4.78, 5) is 10.9. The average molecular weight is 238 g/mol. The molecule has 1 aromatic rings. The van der Waals surface area contributed by atoms with Gasteiger partial charge in [-0.25, -0.2) is 9.97 Å². The molecule has 16 heavy (non-hydrogen) atoms. The summed E-state index contributed by atoms with van der Waals surface area (Å²) in [5, 5.41) is 0.372. The number of rotatable bonds is 4. The molecule has 86 valence electrons. The SMILES string of the molecule is Cc1cc(N(CC2CC2)C2CC2)nc(Cl)n1. The highest BCUT2D eigenvalue weighted by atomic mass is 35.5. The van der Waals surface area contributed by atoms with E-state index in [1.54, 1.807) is 0 Å². The monoisotopic (exact) mass is 237 g/mol. The van der Waals surface area contributed by atoms with Gasteiger partial charge < -0.3 is 4.90 Å². The van der Waals surface area contributed by atoms with Crippen LogP contribution in [0.1, 0.15) is 31.4 Å². The Morgan fingerprint density at radius 1 is 1.31 bits per heavy atom. The van der Waals surface area contributed by atoms with Crippen molar-refractivity contribution in [2.24, 2.45) is 5.92 Å². The number of nitrogens with zero attached hydrogens (tertiary/aromatic N) is 3. The fourth-order valence-corrected chi connectivity index (χ4v) is 2.28. The first-order chi connectivity index (χ1) is 7.72. The minimum atomic E-state index is 0.372. The second kappa shape index (κ2) is 3.88. The molecule has 0 bridgehead atoms. The number of aryl methyl sites for hydroxylation is 1. The van der Waals surface area contributed by atoms with Crippen LogP contribution in [0.5, 0.6) is 0 Å². The second-order valence-corrected chi connectivity index (χ2v) is 5.30. The molecule has 4 heteroatoms. The summed E-state index contributed by atoms with van der Waals surface area (Å²) in [6.45, 7) is 3.12. The zero-order chi connectivity index (χ0) is 11.1. The summed E-state index contributed by atoms with van der Waals surface area (Å²) in [6.07, 6.45) is 5.35. The van der Waals surface area contributed by atoms with Gasteiger partial charge in [0, 0.05) is 24.3 Å². The van der Waals surface area contributed by atoms with Crippen LogP contribution in [0.2, 0.25) is 5.28 Å². The van der Waals surface area contributed by atoms with Gasteiger partial charge in [0.2, 0.25) is 5.28 Å². The van der Waals surface area contributed by atoms with E-state index >= 15 is 0 Å². The van der Waals surface area contributed by atoms with Crippen molar-refractivity contribution in [3.05, 3.63) is 17.0 Å². The minimum Gasteiger partial charge on any atom is -0.353 e. The minimum absolute atomic E-state index is 0.372. The fraction of sp³-hybridized carbons (Fsp3) is 0.667. The molecular weight excluding hydrogens is 222 g/mol. The van der Waals surface area contributed by atoms with Gasteiger partial charge in [0.25, 0.3) is 0 Å². The van der Waals surface area contributed by atoms with Gasteiger partial charge in [-0.15, -0.1) is 0 Å². The Balaban J connectivity index is 1.84. The molecule has 0 atom stereocenters. The predicted molar refractivity (Wildman–Crippen MR) is 64.9 cm³/mol. The van der Waals surface area contributed by atoms with E-state index in [2.05, 4.69) is 14.9 Å². The van der Waals surface area contributed by atoms with E-state index in [0.717, 1.165) is 24.0 Å². The Hall–Kier alpha value is -0.830. The molecule has 1 aromatic heterocycles. The smallest absolute Gasteiger partial charge is 0.224 e. The summed E-state index contributed by atoms with van der Waals surface area (Å²) >= 11 is 5.92. The van der Waals surface area contributed by atoms with Crippen molar-refractivity contribution < 1.29 is 0 Å². The van der Waals surface area contributed by atoms with Crippen LogP contribution in [0.4, 0.5) is 5.82 Å². The molecule has 3 rings (SSSR count). The van der Waals surface area contributed by atoms with Crippen molar-refractivity contribution in [1.82, 2.24) is 9.97 Å². The third-order valence-electron chi connectivity index (χ3n) is 3.25. The lowest BCUT2D eigenvalue weighted by molar-refractivity contribution is 0.707. The van der Waals surface area contributed by atoms with Gasteiger partial charge in [0.05, 0.1) is 0 Å². The molecule has 1 heterocycles. The summed E-state index contributed by atoms with van der Waals surface area (Å²) in [7, 11) is 0. The Morgan fingerprint density at radius 2 is 2.06 bits per heavy atom. The molecule has 2 fully saturated rings. The Kier molecular flexibility index (Phi) is 2.51. The van der Waals surface area contributed by atoms with Crippen molar-refractivity contribution in [3.63, 3.8) is 0 Å². The molecule has 0 radical (unpaired) electrons. The van der Waals surface area contributed by atoms with Crippen LogP contribution < -0.4 is 4.90 Å². The molecule has 0 saturated heterocycles. The van der Waals surface area contributed by atoms with Crippen molar-refractivity contribution in [2.45, 2.75) is 38.6 Å². The van der Waals surface area contributed by atoms with Crippen molar-refractivity contribution in [2.75, 3.05) is 11.4 Å². The topological polar surface area (TPSA) is 29.0 Å². The van der Waals surface area contributed by atoms with Gasteiger partial charge in [-0.1, -0.05) is 0 Å². The number of hydrogen-bond acceptors (Lipinski definition) is 3. The lowest BCUT2D eigenvalue weighted by Crippen LogP contribution is -2.29. The molecule has 0 aliphatic heterocycles. The Labute approximate surface area is 101 Å². The van der Waals surface area contributed by atoms with Crippen LogP contribution >= 0.6 is 11.6 Å². The average Bonchev–Trinajstić information content (AvgIpc) is 3.07. The standard InChI is InChI=1S/C12H16ClN3/c1-8-6-11(15-12(13)14-8)16(10-4-5-10)7-9-2-3-9/h6,9-10H,2-5,7H2,1H3. The van der Waals surface area contributed by atoms with E-state index in [1.807, 2.05) is 13.0 Å². The summed E-state index contributed by atoms with van der Waals surface area (Å²) < 4.78 is 0. The van der Waals surface area contributed by atoms with Crippen LogP contribution in [-0.4, -0.2) is 22.6 Å². The molecule has 0 N–H and O–H groups in total. The van der Waals surface area contributed by atoms with Crippen LogP contribution in [0, 0.1) is 12.8 Å². The van der Waals surface area contributed by atoms with Crippen LogP contribution in [-0.2, 0) is 0 Å². The van der Waals surface area contributed by atoms with Gasteiger partial charge in [0.15, 0.2) is 0 Å². The zero-order valence-corrected chi connectivity index (χ0v) is 10.2. The molecule has 0 aromatic carbocycles. The summed E-state index contributed by atoms with van der Waals surface area (Å²) in [5.41, 5.74) is 0.955. The first-order valence-electron chi connectivity index (χ1n) is 6.00. The van der Waals surface area contributed by atoms with Crippen molar-refractivity contribution >= 4 is 17.4 Å². The highest BCUT2D eigenvalue weighted by Crippen LogP contribution is 2.37. The van der Waals surface area contributed by atoms with Crippen molar-refractivity contribution in [1.29, 1.82) is 0 Å². The maximum atomic E-state index is 5.92. The molecular formula is C12H16ClN3. The molecule has 0 amide bonds. The normalized spacial score (nSPS) is 19.9. The lowest BCUT2D eigenvalue weighted by atomic mass is 10.3. The maximum absolute atomic E-state index is 5.92. The van der Waals surface area contributed by atoms with E-state index in [4.69, 9.17) is 11.6 Å². The first kappa shape index (κ1) is 10.3. The molecule has 2 saturated carbocycles. The number of hydrogen-bond donors (Lipinski definition) is 0. The van der Waals surface area contributed by atoms with E-state index in [1.165, 1.54) is 25.7 Å². The molecule has 0 spiro atoms. The highest BCUT2D eigenvalue weighted by Gasteiger charge is 2.34. The van der Waals surface area contributed by atoms with E-state index < -0.39 is 0 Å². The van der Waals surface area contributed by atoms with Crippen LogP contribution in [0.25, 0.3) is 0 Å². The molecule has 3 nitrogen and oxygen atoms in total. The fourth-order valence-electron chi connectivity index (χ4n) is 2.06. The van der Waals surface area contributed by atoms with Crippen molar-refractivity contribution in [3.8, 4) is 0 Å². The number of anilines is 1. The summed E-state index contributed by atoms with van der Waals surface area (Å²) in [5.74, 6) is 1.90. The molecule has 2 aliphatic carbocycles. The second-order valence-electron chi connectivity index (χ2n) is 4.96. The van der Waals surface area contributed by atoms with Crippen LogP contribution in [0.3, 0.4) is 0 Å². The van der Waals surface area contributed by atoms with E-state index in [9.17, 15) is 0 Å². The third kappa shape index (κ3) is 2.29. The van der Waals surface area contributed by atoms with E-state index in [-0.39, 0.29) is 0 Å². The van der Waals surface area contributed by atoms with Crippen LogP contribution in [0.15, 0.2) is 6.07 Å². The molecule has 0 unspecified atom stereocenters. The maximum Gasteiger partial charge on any atom is 0.224 e. The Morgan fingerprint density at radius 3 is 2.62 bits per heavy atom. The summed E-state index contributed by atoms with van der Waals surface area (Å²) in [6, 6.07) is 2.75. The zero-order valence-electron chi connectivity index (χ0n) is 9.49. The van der Waals surface area contributed by atoms with Gasteiger partial charge in [-0.2, -0.15) is 0 Å². The predicted octanol–water partition coefficient (Wildman–Crippen LogP) is 2.82. The Bertz CT molecular complexity index is 379. The third-order valence-corrected chi connectivity index (χ3v) is 3.42. The van der Waals surface area contributed by atoms with Gasteiger partial charge >= 0.3 is 0 Å². The number of aromatic nitrogens is 2. The molecule has 2 aliphatic rings. The highest BCUT2D eigenvalue weighted by molar-refractivity contribution is 6.28. The lowest BCUT2D eigenvalue weighted by Gasteiger charge is -2.23. The number of halogens is 1. The van der Waals surface area contributed by atoms with Gasteiger partial charge in [0.1, 0.15) is 5.82 Å². The van der Waals surface area contributed by atoms with E-state index in [0.29, 0.717) is 11.3 Å². The largest absolute Gasteiger partial charge is 0.353 e. The first-order valence-corrected chi connectivity index (χ1v) is 6.38. The quantitative estimate of drug-likeness (QED) is 0.754. The van der Waals surface area contributed by atoms with Gasteiger partial charge in [-0.05, 0) is 50.1 Å².